The monoisotopic (exact) mass is 388 g/mol. The Kier molecular flexibility index (Phi) is 6.68. The van der Waals surface area contributed by atoms with Gasteiger partial charge >= 0.3 is 6.03 Å². The lowest BCUT2D eigenvalue weighted by Gasteiger charge is -2.10. The molecule has 2 aromatic carbocycles. The maximum atomic E-state index is 12.0. The minimum absolute atomic E-state index is 0.0841. The van der Waals surface area contributed by atoms with Crippen LogP contribution in [0.2, 0.25) is 0 Å². The van der Waals surface area contributed by atoms with Crippen LogP contribution in [-0.4, -0.2) is 30.0 Å². The first-order valence-electron chi connectivity index (χ1n) is 8.27. The number of anilines is 2. The zero-order chi connectivity index (χ0) is 20.7. The molecule has 2 aromatic rings. The molecule has 4 N–H and O–H groups in total. The lowest BCUT2D eigenvalue weighted by molar-refractivity contribution is -0.384. The number of nitrogens with one attached hydrogen (secondary N) is 4. The Labute approximate surface area is 160 Å². The molecule has 148 valence electrons. The van der Waals surface area contributed by atoms with Crippen LogP contribution < -0.4 is 21.3 Å². The van der Waals surface area contributed by atoms with Crippen molar-refractivity contribution in [2.45, 2.75) is 13.1 Å². The van der Waals surface area contributed by atoms with E-state index < -0.39 is 15.9 Å². The molecular weight excluding hydrogens is 368 g/mol. The summed E-state index contributed by atoms with van der Waals surface area (Å²) in [5, 5.41) is 32.8. The highest BCUT2D eigenvalue weighted by Gasteiger charge is 2.15. The van der Waals surface area contributed by atoms with Crippen LogP contribution in [-0.2, 0) is 13.1 Å². The molecule has 28 heavy (non-hydrogen) atoms. The molecular formula is C17H20N6O5. The first-order chi connectivity index (χ1) is 13.3. The van der Waals surface area contributed by atoms with Gasteiger partial charge in [-0.1, -0.05) is 12.1 Å². The third kappa shape index (κ3) is 5.06. The smallest absolute Gasteiger partial charge is 0.315 e. The highest BCUT2D eigenvalue weighted by Crippen LogP contribution is 2.25. The number of carbonyl (C=O) groups excluding carboxylic acids is 1. The van der Waals surface area contributed by atoms with E-state index in [9.17, 15) is 25.0 Å². The van der Waals surface area contributed by atoms with Crippen molar-refractivity contribution >= 4 is 28.8 Å². The number of rotatable bonds is 8. The highest BCUT2D eigenvalue weighted by atomic mass is 16.6. The number of nitrogens with zero attached hydrogens (tertiary/aromatic N) is 2. The van der Waals surface area contributed by atoms with Gasteiger partial charge in [-0.25, -0.2) is 4.79 Å². The molecule has 11 heteroatoms. The lowest BCUT2D eigenvalue weighted by atomic mass is 10.1. The fraction of sp³-hybridized carbons (Fsp3) is 0.235. The summed E-state index contributed by atoms with van der Waals surface area (Å²) in [5.74, 6) is 0. The van der Waals surface area contributed by atoms with Gasteiger partial charge in [-0.3, -0.25) is 20.2 Å². The molecule has 0 aliphatic heterocycles. The van der Waals surface area contributed by atoms with Crippen LogP contribution in [0.25, 0.3) is 0 Å². The predicted octanol–water partition coefficient (Wildman–Crippen LogP) is 2.59. The Bertz CT molecular complexity index is 830. The summed E-state index contributed by atoms with van der Waals surface area (Å²) in [6.07, 6.45) is 0. The molecule has 0 aromatic heterocycles. The van der Waals surface area contributed by atoms with Gasteiger partial charge in [-0.05, 0) is 23.3 Å². The second kappa shape index (κ2) is 9.16. The Hall–Kier alpha value is -3.89. The van der Waals surface area contributed by atoms with E-state index in [1.165, 1.54) is 12.1 Å². The van der Waals surface area contributed by atoms with Crippen LogP contribution in [0.5, 0.6) is 0 Å². The molecule has 0 atom stereocenters. The van der Waals surface area contributed by atoms with E-state index in [1.807, 2.05) is 0 Å². The van der Waals surface area contributed by atoms with Crippen molar-refractivity contribution in [3.05, 3.63) is 67.8 Å². The van der Waals surface area contributed by atoms with E-state index in [0.29, 0.717) is 22.5 Å². The van der Waals surface area contributed by atoms with Gasteiger partial charge in [0.25, 0.3) is 11.4 Å². The molecule has 0 bridgehead atoms. The van der Waals surface area contributed by atoms with Crippen molar-refractivity contribution in [2.75, 3.05) is 24.7 Å². The van der Waals surface area contributed by atoms with Gasteiger partial charge in [0.2, 0.25) is 0 Å². The second-order valence-corrected chi connectivity index (χ2v) is 5.75. The summed E-state index contributed by atoms with van der Waals surface area (Å²) >= 11 is 0. The molecule has 0 aliphatic rings. The Morgan fingerprint density at radius 1 is 0.821 bits per heavy atom. The summed E-state index contributed by atoms with van der Waals surface area (Å²) in [4.78, 5) is 33.1. The average molecular weight is 388 g/mol. The topological polar surface area (TPSA) is 151 Å². The molecule has 0 saturated heterocycles. The van der Waals surface area contributed by atoms with Crippen LogP contribution in [0.4, 0.5) is 27.5 Å². The number of nitro benzene ring substituents is 2. The standard InChI is InChI=1S/C17H20N6O5/c1-18-13-5-3-11(7-15(13)22(25)26)9-20-17(24)21-10-12-4-6-14(19-2)16(8-12)23(27)28/h3-8,18-19H,9-10H2,1-2H3,(H2,20,21,24). The first kappa shape index (κ1) is 20.4. The molecule has 2 amide bonds. The molecule has 0 fully saturated rings. The van der Waals surface area contributed by atoms with Crippen molar-refractivity contribution in [3.63, 3.8) is 0 Å². The Balaban J connectivity index is 1.95. The lowest BCUT2D eigenvalue weighted by Crippen LogP contribution is -2.34. The summed E-state index contributed by atoms with van der Waals surface area (Å²) in [6, 6.07) is 8.72. The third-order valence-corrected chi connectivity index (χ3v) is 3.96. The van der Waals surface area contributed by atoms with Gasteiger partial charge in [-0.2, -0.15) is 0 Å². The molecule has 0 saturated carbocycles. The molecule has 0 unspecified atom stereocenters. The maximum Gasteiger partial charge on any atom is 0.315 e. The Morgan fingerprint density at radius 3 is 1.54 bits per heavy atom. The van der Waals surface area contributed by atoms with Crippen LogP contribution in [0.15, 0.2) is 36.4 Å². The van der Waals surface area contributed by atoms with Gasteiger partial charge in [0.15, 0.2) is 0 Å². The van der Waals surface area contributed by atoms with Crippen molar-refractivity contribution < 1.29 is 14.6 Å². The zero-order valence-corrected chi connectivity index (χ0v) is 15.3. The summed E-state index contributed by atoms with van der Waals surface area (Å²) in [6.45, 7) is 0.186. The second-order valence-electron chi connectivity index (χ2n) is 5.75. The first-order valence-corrected chi connectivity index (χ1v) is 8.27. The molecule has 0 heterocycles. The summed E-state index contributed by atoms with van der Waals surface area (Å²) < 4.78 is 0. The fourth-order valence-corrected chi connectivity index (χ4v) is 2.53. The largest absolute Gasteiger partial charge is 0.383 e. The Morgan fingerprint density at radius 2 is 1.21 bits per heavy atom. The molecule has 0 radical (unpaired) electrons. The van der Waals surface area contributed by atoms with Gasteiger partial charge < -0.3 is 21.3 Å². The van der Waals surface area contributed by atoms with E-state index in [-0.39, 0.29) is 24.5 Å². The predicted molar refractivity (Wildman–Crippen MR) is 104 cm³/mol. The number of amides is 2. The van der Waals surface area contributed by atoms with Gasteiger partial charge in [-0.15, -0.1) is 0 Å². The number of carbonyl (C=O) groups is 1. The zero-order valence-electron chi connectivity index (χ0n) is 15.3. The summed E-state index contributed by atoms with van der Waals surface area (Å²) in [7, 11) is 3.17. The fourth-order valence-electron chi connectivity index (χ4n) is 2.53. The SMILES string of the molecule is CNc1ccc(CNC(=O)NCc2ccc(NC)c([N+](=O)[O-])c2)cc1[N+](=O)[O-]. The van der Waals surface area contributed by atoms with Crippen LogP contribution in [0.3, 0.4) is 0 Å². The van der Waals surface area contributed by atoms with E-state index in [0.717, 1.165) is 0 Å². The third-order valence-electron chi connectivity index (χ3n) is 3.96. The van der Waals surface area contributed by atoms with Crippen molar-refractivity contribution in [1.29, 1.82) is 0 Å². The number of nitro groups is 2. The summed E-state index contributed by atoms with van der Waals surface area (Å²) in [5.41, 5.74) is 1.72. The minimum atomic E-state index is -0.503. The van der Waals surface area contributed by atoms with Crippen LogP contribution >= 0.6 is 0 Å². The molecule has 0 spiro atoms. The maximum absolute atomic E-state index is 12.0. The van der Waals surface area contributed by atoms with Gasteiger partial charge in [0.05, 0.1) is 9.85 Å². The van der Waals surface area contributed by atoms with E-state index >= 15 is 0 Å². The van der Waals surface area contributed by atoms with E-state index in [2.05, 4.69) is 21.3 Å². The van der Waals surface area contributed by atoms with Crippen LogP contribution in [0.1, 0.15) is 11.1 Å². The van der Waals surface area contributed by atoms with Crippen molar-refractivity contribution in [2.24, 2.45) is 0 Å². The number of urea groups is 1. The number of hydrogen-bond acceptors (Lipinski definition) is 7. The van der Waals surface area contributed by atoms with Crippen molar-refractivity contribution in [3.8, 4) is 0 Å². The molecule has 0 aliphatic carbocycles. The quantitative estimate of drug-likeness (QED) is 0.401. The molecule has 2 rings (SSSR count). The normalized spacial score (nSPS) is 10.1. The van der Waals surface area contributed by atoms with E-state index in [1.54, 1.807) is 38.4 Å². The highest BCUT2D eigenvalue weighted by molar-refractivity contribution is 5.74. The minimum Gasteiger partial charge on any atom is -0.383 e. The van der Waals surface area contributed by atoms with E-state index in [4.69, 9.17) is 0 Å². The number of benzene rings is 2. The van der Waals surface area contributed by atoms with Gasteiger partial charge in [0, 0.05) is 39.3 Å². The number of hydrogen-bond donors (Lipinski definition) is 4. The van der Waals surface area contributed by atoms with Crippen molar-refractivity contribution in [1.82, 2.24) is 10.6 Å². The average Bonchev–Trinajstić information content (AvgIpc) is 2.70. The van der Waals surface area contributed by atoms with Gasteiger partial charge in [0.1, 0.15) is 11.4 Å². The van der Waals surface area contributed by atoms with Crippen LogP contribution in [0, 0.1) is 20.2 Å². The molecule has 11 nitrogen and oxygen atoms in total.